The summed E-state index contributed by atoms with van der Waals surface area (Å²) >= 11 is 3.44. The molecular formula is C12H14BrNO2. The third-order valence-corrected chi connectivity index (χ3v) is 3.62. The maximum Gasteiger partial charge on any atom is 0.407 e. The van der Waals surface area contributed by atoms with Crippen LogP contribution < -0.4 is 0 Å². The lowest BCUT2D eigenvalue weighted by Gasteiger charge is -2.14. The molecule has 1 aromatic rings. The smallest absolute Gasteiger partial charge is 0.407 e. The van der Waals surface area contributed by atoms with E-state index in [0.717, 1.165) is 10.9 Å². The highest BCUT2D eigenvalue weighted by molar-refractivity contribution is 9.10. The number of carboxylic acid groups (broad SMARTS) is 1. The number of carbonyl (C=O) groups is 1. The van der Waals surface area contributed by atoms with E-state index >= 15 is 0 Å². The number of hydrogen-bond donors (Lipinski definition) is 1. The zero-order valence-corrected chi connectivity index (χ0v) is 10.7. The van der Waals surface area contributed by atoms with Gasteiger partial charge in [0.2, 0.25) is 0 Å². The van der Waals surface area contributed by atoms with Gasteiger partial charge in [0.25, 0.3) is 0 Å². The highest BCUT2D eigenvalue weighted by Gasteiger charge is 2.27. The van der Waals surface area contributed by atoms with Crippen LogP contribution in [0, 0.1) is 6.92 Å². The van der Waals surface area contributed by atoms with E-state index < -0.39 is 6.09 Å². The van der Waals surface area contributed by atoms with Gasteiger partial charge < -0.3 is 10.0 Å². The number of halogens is 1. The van der Waals surface area contributed by atoms with E-state index in [2.05, 4.69) is 35.0 Å². The lowest BCUT2D eigenvalue weighted by atomic mass is 9.94. The summed E-state index contributed by atoms with van der Waals surface area (Å²) in [5.74, 6) is 0.351. The number of hydrogen-bond acceptors (Lipinski definition) is 1. The number of likely N-dealkylation sites (tertiary alicyclic amines) is 1. The van der Waals surface area contributed by atoms with Crippen molar-refractivity contribution in [1.82, 2.24) is 4.90 Å². The first-order chi connectivity index (χ1) is 7.58. The van der Waals surface area contributed by atoms with Gasteiger partial charge in [0.05, 0.1) is 0 Å². The normalized spacial score (nSPS) is 20.1. The van der Waals surface area contributed by atoms with Crippen molar-refractivity contribution in [3.05, 3.63) is 33.8 Å². The van der Waals surface area contributed by atoms with Crippen LogP contribution in [0.15, 0.2) is 22.7 Å². The second-order valence-corrected chi connectivity index (χ2v) is 5.13. The van der Waals surface area contributed by atoms with Crippen LogP contribution in [0.4, 0.5) is 4.79 Å². The molecule has 1 aliphatic rings. The predicted octanol–water partition coefficient (Wildman–Crippen LogP) is 3.22. The Balaban J connectivity index is 2.17. The lowest BCUT2D eigenvalue weighted by molar-refractivity contribution is 0.155. The maximum absolute atomic E-state index is 10.8. The third-order valence-electron chi connectivity index (χ3n) is 3.13. The van der Waals surface area contributed by atoms with E-state index in [1.54, 1.807) is 0 Å². The van der Waals surface area contributed by atoms with Gasteiger partial charge in [-0.3, -0.25) is 0 Å². The highest BCUT2D eigenvalue weighted by Crippen LogP contribution is 2.30. The van der Waals surface area contributed by atoms with Gasteiger partial charge in [-0.2, -0.15) is 0 Å². The van der Waals surface area contributed by atoms with Crippen molar-refractivity contribution >= 4 is 22.0 Å². The van der Waals surface area contributed by atoms with E-state index in [9.17, 15) is 4.79 Å². The maximum atomic E-state index is 10.8. The number of amides is 1. The topological polar surface area (TPSA) is 40.5 Å². The monoisotopic (exact) mass is 283 g/mol. The minimum atomic E-state index is -0.808. The standard InChI is InChI=1S/C12H14BrNO2/c1-8-6-10(13)2-3-11(8)9-4-5-14(7-9)12(15)16/h2-3,6,9H,4-5,7H2,1H3,(H,15,16). The molecule has 1 heterocycles. The minimum absolute atomic E-state index is 0.351. The molecule has 1 fully saturated rings. The number of rotatable bonds is 1. The van der Waals surface area contributed by atoms with E-state index in [0.29, 0.717) is 19.0 Å². The summed E-state index contributed by atoms with van der Waals surface area (Å²) in [5, 5.41) is 8.91. The Kier molecular flexibility index (Phi) is 3.19. The van der Waals surface area contributed by atoms with E-state index in [-0.39, 0.29) is 0 Å². The Morgan fingerprint density at radius 3 is 2.88 bits per heavy atom. The average Bonchev–Trinajstić information content (AvgIpc) is 2.66. The molecule has 1 aliphatic heterocycles. The molecule has 86 valence electrons. The minimum Gasteiger partial charge on any atom is -0.465 e. The Labute approximate surface area is 103 Å². The molecule has 1 saturated heterocycles. The van der Waals surface area contributed by atoms with Crippen LogP contribution in [0.25, 0.3) is 0 Å². The molecule has 0 aliphatic carbocycles. The molecule has 16 heavy (non-hydrogen) atoms. The molecule has 0 aromatic heterocycles. The SMILES string of the molecule is Cc1cc(Br)ccc1C1CCN(C(=O)O)C1. The van der Waals surface area contributed by atoms with Crippen molar-refractivity contribution in [2.75, 3.05) is 13.1 Å². The van der Waals surface area contributed by atoms with E-state index in [1.165, 1.54) is 16.0 Å². The van der Waals surface area contributed by atoms with Gasteiger partial charge in [0.1, 0.15) is 0 Å². The second kappa shape index (κ2) is 4.45. The van der Waals surface area contributed by atoms with Crippen molar-refractivity contribution in [3.8, 4) is 0 Å². The molecule has 4 heteroatoms. The first-order valence-corrected chi connectivity index (χ1v) is 6.11. The van der Waals surface area contributed by atoms with Gasteiger partial charge in [-0.25, -0.2) is 4.79 Å². The molecule has 0 bridgehead atoms. The van der Waals surface area contributed by atoms with Crippen molar-refractivity contribution < 1.29 is 9.90 Å². The molecule has 3 nitrogen and oxygen atoms in total. The molecule has 1 amide bonds. The zero-order valence-electron chi connectivity index (χ0n) is 9.11. The Morgan fingerprint density at radius 2 is 2.31 bits per heavy atom. The van der Waals surface area contributed by atoms with E-state index in [4.69, 9.17) is 5.11 Å². The summed E-state index contributed by atoms with van der Waals surface area (Å²) in [6, 6.07) is 6.19. The summed E-state index contributed by atoms with van der Waals surface area (Å²) in [6.45, 7) is 3.34. The van der Waals surface area contributed by atoms with Crippen molar-refractivity contribution in [3.63, 3.8) is 0 Å². The quantitative estimate of drug-likeness (QED) is 0.860. The fourth-order valence-electron chi connectivity index (χ4n) is 2.29. The molecule has 1 unspecified atom stereocenters. The Bertz CT molecular complexity index is 419. The van der Waals surface area contributed by atoms with Gasteiger partial charge in [-0.1, -0.05) is 22.0 Å². The molecule has 0 radical (unpaired) electrons. The van der Waals surface area contributed by atoms with Gasteiger partial charge in [0, 0.05) is 23.5 Å². The first kappa shape index (κ1) is 11.5. The molecule has 1 N–H and O–H groups in total. The fourth-order valence-corrected chi connectivity index (χ4v) is 2.76. The van der Waals surface area contributed by atoms with E-state index in [1.807, 2.05) is 6.07 Å². The summed E-state index contributed by atoms with van der Waals surface area (Å²) in [5.41, 5.74) is 2.50. The van der Waals surface area contributed by atoms with Gasteiger partial charge in [0.15, 0.2) is 0 Å². The van der Waals surface area contributed by atoms with Crippen molar-refractivity contribution in [1.29, 1.82) is 0 Å². The van der Waals surface area contributed by atoms with Gasteiger partial charge in [-0.15, -0.1) is 0 Å². The van der Waals surface area contributed by atoms with Crippen LogP contribution in [-0.4, -0.2) is 29.2 Å². The molecule has 1 atom stereocenters. The van der Waals surface area contributed by atoms with Crippen LogP contribution in [0.3, 0.4) is 0 Å². The van der Waals surface area contributed by atoms with Crippen molar-refractivity contribution in [2.24, 2.45) is 0 Å². The Hall–Kier alpha value is -1.03. The molecular weight excluding hydrogens is 270 g/mol. The van der Waals surface area contributed by atoms with Gasteiger partial charge in [-0.05, 0) is 36.6 Å². The zero-order chi connectivity index (χ0) is 11.7. The lowest BCUT2D eigenvalue weighted by Crippen LogP contribution is -2.26. The third kappa shape index (κ3) is 2.21. The van der Waals surface area contributed by atoms with Crippen LogP contribution in [0.1, 0.15) is 23.5 Å². The number of benzene rings is 1. The summed E-state index contributed by atoms with van der Waals surface area (Å²) in [7, 11) is 0. The summed E-state index contributed by atoms with van der Waals surface area (Å²) in [4.78, 5) is 12.3. The molecule has 0 saturated carbocycles. The number of nitrogens with zero attached hydrogens (tertiary/aromatic N) is 1. The summed E-state index contributed by atoms with van der Waals surface area (Å²) in [6.07, 6.45) is 0.117. The second-order valence-electron chi connectivity index (χ2n) is 4.22. The van der Waals surface area contributed by atoms with Crippen LogP contribution >= 0.6 is 15.9 Å². The Morgan fingerprint density at radius 1 is 1.56 bits per heavy atom. The highest BCUT2D eigenvalue weighted by atomic mass is 79.9. The van der Waals surface area contributed by atoms with Crippen LogP contribution in [0.2, 0.25) is 0 Å². The largest absolute Gasteiger partial charge is 0.465 e. The van der Waals surface area contributed by atoms with Crippen LogP contribution in [0.5, 0.6) is 0 Å². The summed E-state index contributed by atoms with van der Waals surface area (Å²) < 4.78 is 1.07. The van der Waals surface area contributed by atoms with Crippen molar-refractivity contribution in [2.45, 2.75) is 19.3 Å². The fraction of sp³-hybridized carbons (Fsp3) is 0.417. The molecule has 1 aromatic carbocycles. The average molecular weight is 284 g/mol. The van der Waals surface area contributed by atoms with Crippen LogP contribution in [-0.2, 0) is 0 Å². The molecule has 0 spiro atoms. The predicted molar refractivity (Wildman–Crippen MR) is 65.8 cm³/mol. The molecule has 2 rings (SSSR count). The van der Waals surface area contributed by atoms with Gasteiger partial charge >= 0.3 is 6.09 Å². The number of aryl methyl sites for hydroxylation is 1. The first-order valence-electron chi connectivity index (χ1n) is 5.32.